The molecule has 0 unspecified atom stereocenters. The first kappa shape index (κ1) is 17.2. The number of rotatable bonds is 4. The van der Waals surface area contributed by atoms with Crippen molar-refractivity contribution in [2.24, 2.45) is 5.10 Å². The molecule has 0 saturated carbocycles. The fraction of sp³-hybridized carbons (Fsp3) is 0.125. The number of aromatic nitrogens is 4. The van der Waals surface area contributed by atoms with Crippen LogP contribution in [-0.2, 0) is 0 Å². The molecule has 2 heterocycles. The molecule has 0 spiro atoms. The van der Waals surface area contributed by atoms with E-state index in [1.807, 2.05) is 19.9 Å². The predicted octanol–water partition coefficient (Wildman–Crippen LogP) is 3.74. The van der Waals surface area contributed by atoms with Gasteiger partial charge in [0.05, 0.1) is 16.9 Å². The molecule has 0 bridgehead atoms. The number of benzene rings is 1. The Balaban J connectivity index is 1.81. The second-order valence-electron chi connectivity index (χ2n) is 5.30. The summed E-state index contributed by atoms with van der Waals surface area (Å²) in [7, 11) is 0. The van der Waals surface area contributed by atoms with Gasteiger partial charge in [-0.05, 0) is 32.0 Å². The van der Waals surface area contributed by atoms with Crippen molar-refractivity contribution in [1.82, 2.24) is 19.7 Å². The normalized spacial score (nSPS) is 11.2. The molecule has 7 nitrogen and oxygen atoms in total. The number of anilines is 1. The largest absolute Gasteiger partial charge is 0.506 e. The van der Waals surface area contributed by atoms with Crippen LogP contribution in [0, 0.1) is 13.8 Å². The van der Waals surface area contributed by atoms with E-state index in [0.29, 0.717) is 22.2 Å². The maximum atomic E-state index is 9.90. The average Bonchev–Trinajstić information content (AvgIpc) is 2.91. The van der Waals surface area contributed by atoms with Gasteiger partial charge < -0.3 is 5.11 Å². The van der Waals surface area contributed by atoms with E-state index in [-0.39, 0.29) is 10.8 Å². The molecule has 25 heavy (non-hydrogen) atoms. The Morgan fingerprint density at radius 1 is 1.16 bits per heavy atom. The summed E-state index contributed by atoms with van der Waals surface area (Å²) in [4.78, 5) is 8.31. The van der Waals surface area contributed by atoms with E-state index in [9.17, 15) is 5.11 Å². The first-order valence-electron chi connectivity index (χ1n) is 7.27. The Kier molecular flexibility index (Phi) is 4.87. The molecular weight excluding hydrogens is 363 g/mol. The SMILES string of the molecule is Cc1cc(C)n(-c2cc(N/N=C/c3cc(Cl)cc(Cl)c3O)ncn2)n1. The van der Waals surface area contributed by atoms with Crippen molar-refractivity contribution in [2.45, 2.75) is 13.8 Å². The number of halogens is 2. The van der Waals surface area contributed by atoms with Crippen molar-refractivity contribution >= 4 is 35.2 Å². The Hall–Kier alpha value is -2.64. The number of phenolic OH excluding ortho intramolecular Hbond substituents is 1. The van der Waals surface area contributed by atoms with Crippen molar-refractivity contribution in [3.8, 4) is 11.6 Å². The Morgan fingerprint density at radius 3 is 2.68 bits per heavy atom. The average molecular weight is 377 g/mol. The summed E-state index contributed by atoms with van der Waals surface area (Å²) in [5, 5.41) is 18.9. The molecule has 0 fully saturated rings. The summed E-state index contributed by atoms with van der Waals surface area (Å²) in [6.45, 7) is 3.86. The number of phenols is 1. The number of nitrogens with zero attached hydrogens (tertiary/aromatic N) is 5. The van der Waals surface area contributed by atoms with Crippen LogP contribution < -0.4 is 5.43 Å². The Bertz CT molecular complexity index is 954. The molecule has 2 N–H and O–H groups in total. The van der Waals surface area contributed by atoms with Crippen LogP contribution in [-0.4, -0.2) is 31.1 Å². The monoisotopic (exact) mass is 376 g/mol. The van der Waals surface area contributed by atoms with Gasteiger partial charge >= 0.3 is 0 Å². The molecule has 2 aromatic heterocycles. The summed E-state index contributed by atoms with van der Waals surface area (Å²) in [6.07, 6.45) is 2.82. The molecule has 3 aromatic rings. The highest BCUT2D eigenvalue weighted by atomic mass is 35.5. The molecule has 128 valence electrons. The highest BCUT2D eigenvalue weighted by molar-refractivity contribution is 6.36. The number of hydrogen-bond acceptors (Lipinski definition) is 6. The topological polar surface area (TPSA) is 88.2 Å². The van der Waals surface area contributed by atoms with Crippen LogP contribution >= 0.6 is 23.2 Å². The van der Waals surface area contributed by atoms with Gasteiger partial charge in [0.1, 0.15) is 12.1 Å². The zero-order valence-electron chi connectivity index (χ0n) is 13.4. The molecule has 0 saturated heterocycles. The highest BCUT2D eigenvalue weighted by Gasteiger charge is 2.07. The van der Waals surface area contributed by atoms with E-state index >= 15 is 0 Å². The zero-order chi connectivity index (χ0) is 18.0. The third-order valence-corrected chi connectivity index (χ3v) is 3.83. The minimum atomic E-state index is -0.0948. The third kappa shape index (κ3) is 3.89. The quantitative estimate of drug-likeness (QED) is 0.534. The Morgan fingerprint density at radius 2 is 1.96 bits per heavy atom. The molecule has 9 heteroatoms. The lowest BCUT2D eigenvalue weighted by molar-refractivity contribution is 0.475. The van der Waals surface area contributed by atoms with Crippen LogP contribution in [0.2, 0.25) is 10.0 Å². The van der Waals surface area contributed by atoms with Crippen LogP contribution in [0.5, 0.6) is 5.75 Å². The van der Waals surface area contributed by atoms with Crippen LogP contribution in [0.1, 0.15) is 17.0 Å². The molecule has 0 aliphatic carbocycles. The summed E-state index contributed by atoms with van der Waals surface area (Å²) >= 11 is 11.8. The van der Waals surface area contributed by atoms with Gasteiger partial charge in [-0.15, -0.1) is 0 Å². The number of nitrogens with one attached hydrogen (secondary N) is 1. The lowest BCUT2D eigenvalue weighted by Gasteiger charge is -2.05. The molecular formula is C16H14Cl2N6O. The van der Waals surface area contributed by atoms with Crippen LogP contribution in [0.15, 0.2) is 35.7 Å². The zero-order valence-corrected chi connectivity index (χ0v) is 14.9. The van der Waals surface area contributed by atoms with E-state index in [2.05, 4.69) is 25.6 Å². The summed E-state index contributed by atoms with van der Waals surface area (Å²) in [6, 6.07) is 6.67. The molecule has 1 aromatic carbocycles. The van der Waals surface area contributed by atoms with Crippen molar-refractivity contribution in [3.63, 3.8) is 0 Å². The number of aryl methyl sites for hydroxylation is 2. The van der Waals surface area contributed by atoms with Crippen molar-refractivity contribution < 1.29 is 5.11 Å². The van der Waals surface area contributed by atoms with Gasteiger partial charge in [0.2, 0.25) is 0 Å². The summed E-state index contributed by atoms with van der Waals surface area (Å²) in [5.41, 5.74) is 5.02. The van der Waals surface area contributed by atoms with Gasteiger partial charge in [0.25, 0.3) is 0 Å². The summed E-state index contributed by atoms with van der Waals surface area (Å²) in [5.74, 6) is 0.996. The van der Waals surface area contributed by atoms with Gasteiger partial charge in [-0.3, -0.25) is 5.43 Å². The minimum Gasteiger partial charge on any atom is -0.506 e. The van der Waals surface area contributed by atoms with Gasteiger partial charge in [-0.25, -0.2) is 14.6 Å². The Labute approximate surface area is 154 Å². The third-order valence-electron chi connectivity index (χ3n) is 3.32. The first-order chi connectivity index (χ1) is 11.9. The molecule has 0 atom stereocenters. The number of aromatic hydroxyl groups is 1. The van der Waals surface area contributed by atoms with Gasteiger partial charge in [-0.1, -0.05) is 23.2 Å². The van der Waals surface area contributed by atoms with E-state index in [4.69, 9.17) is 23.2 Å². The van der Waals surface area contributed by atoms with E-state index in [1.54, 1.807) is 16.8 Å². The number of hydrazone groups is 1. The maximum absolute atomic E-state index is 9.90. The lowest BCUT2D eigenvalue weighted by Crippen LogP contribution is -2.04. The summed E-state index contributed by atoms with van der Waals surface area (Å²) < 4.78 is 1.72. The van der Waals surface area contributed by atoms with Crippen LogP contribution in [0.3, 0.4) is 0 Å². The molecule has 0 aliphatic rings. The second-order valence-corrected chi connectivity index (χ2v) is 6.14. The first-order valence-corrected chi connectivity index (χ1v) is 8.02. The van der Waals surface area contributed by atoms with Gasteiger partial charge in [0.15, 0.2) is 11.6 Å². The van der Waals surface area contributed by atoms with E-state index < -0.39 is 0 Å². The number of hydrogen-bond donors (Lipinski definition) is 2. The van der Waals surface area contributed by atoms with Gasteiger partial charge in [-0.2, -0.15) is 10.2 Å². The van der Waals surface area contributed by atoms with Crippen molar-refractivity contribution in [2.75, 3.05) is 5.43 Å². The predicted molar refractivity (Wildman–Crippen MR) is 98.0 cm³/mol. The van der Waals surface area contributed by atoms with Crippen LogP contribution in [0.25, 0.3) is 5.82 Å². The highest BCUT2D eigenvalue weighted by Crippen LogP contribution is 2.30. The maximum Gasteiger partial charge on any atom is 0.159 e. The van der Waals surface area contributed by atoms with E-state index in [0.717, 1.165) is 11.4 Å². The van der Waals surface area contributed by atoms with E-state index in [1.165, 1.54) is 18.6 Å². The van der Waals surface area contributed by atoms with Gasteiger partial charge in [0, 0.05) is 22.3 Å². The standard InChI is InChI=1S/C16H14Cl2N6O/c1-9-3-10(2)24(23-9)15-6-14(19-8-20-15)22-21-7-11-4-12(17)5-13(18)16(11)25/h3-8,25H,1-2H3,(H,19,20,22)/b21-7+. The molecule has 0 amide bonds. The van der Waals surface area contributed by atoms with Crippen molar-refractivity contribution in [1.29, 1.82) is 0 Å². The van der Waals surface area contributed by atoms with Crippen molar-refractivity contribution in [3.05, 3.63) is 57.6 Å². The molecule has 0 aliphatic heterocycles. The smallest absolute Gasteiger partial charge is 0.159 e. The molecule has 3 rings (SSSR count). The fourth-order valence-electron chi connectivity index (χ4n) is 2.24. The molecule has 0 radical (unpaired) electrons. The fourth-order valence-corrected chi connectivity index (χ4v) is 2.75. The lowest BCUT2D eigenvalue weighted by atomic mass is 10.2. The van der Waals surface area contributed by atoms with Crippen LogP contribution in [0.4, 0.5) is 5.82 Å². The second kappa shape index (κ2) is 7.08. The minimum absolute atomic E-state index is 0.0948.